The van der Waals surface area contributed by atoms with Crippen molar-refractivity contribution in [2.24, 2.45) is 5.92 Å². The molecule has 1 aromatic carbocycles. The Morgan fingerprint density at radius 2 is 1.91 bits per heavy atom. The van der Waals surface area contributed by atoms with Gasteiger partial charge in [0.1, 0.15) is 17.0 Å². The minimum Gasteiger partial charge on any atom is -0.368 e. The van der Waals surface area contributed by atoms with Crippen molar-refractivity contribution in [3.05, 3.63) is 40.6 Å². The van der Waals surface area contributed by atoms with E-state index in [1.807, 2.05) is 0 Å². The van der Waals surface area contributed by atoms with Gasteiger partial charge in [-0.3, -0.25) is 14.1 Å². The zero-order valence-corrected chi connectivity index (χ0v) is 19.9. The minimum absolute atomic E-state index is 0.0227. The summed E-state index contributed by atoms with van der Waals surface area (Å²) < 4.78 is 70.2. The van der Waals surface area contributed by atoms with Crippen LogP contribution in [0.5, 0.6) is 0 Å². The van der Waals surface area contributed by atoms with Gasteiger partial charge in [-0.2, -0.15) is 4.98 Å². The molecule has 0 aliphatic heterocycles. The number of nitrogens with one attached hydrogen (secondary N) is 1. The summed E-state index contributed by atoms with van der Waals surface area (Å²) in [4.78, 5) is 25.4. The van der Waals surface area contributed by atoms with E-state index >= 15 is 0 Å². The highest BCUT2D eigenvalue weighted by molar-refractivity contribution is 7.92. The lowest BCUT2D eigenvalue weighted by Crippen LogP contribution is -2.30. The fourth-order valence-electron chi connectivity index (χ4n) is 4.21. The molecule has 2 heterocycles. The van der Waals surface area contributed by atoms with Crippen molar-refractivity contribution in [2.75, 3.05) is 16.2 Å². The number of nitrogens with two attached hydrogens (primary N) is 1. The number of benzene rings is 1. The molecule has 1 aliphatic carbocycles. The van der Waals surface area contributed by atoms with Crippen molar-refractivity contribution in [3.63, 3.8) is 0 Å². The van der Waals surface area contributed by atoms with E-state index in [-0.39, 0.29) is 71.5 Å². The topological polar surface area (TPSA) is 133 Å². The molecule has 188 valence electrons. The summed E-state index contributed by atoms with van der Waals surface area (Å²) >= 11 is 0. The van der Waals surface area contributed by atoms with Crippen LogP contribution in [0.3, 0.4) is 0 Å². The zero-order valence-electron chi connectivity index (χ0n) is 19.1. The summed E-state index contributed by atoms with van der Waals surface area (Å²) in [6.45, 7) is 3.55. The van der Waals surface area contributed by atoms with Gasteiger partial charge >= 0.3 is 0 Å². The highest BCUT2D eigenvalue weighted by Crippen LogP contribution is 2.36. The first-order valence-corrected chi connectivity index (χ1v) is 12.7. The molecule has 4 rings (SSSR count). The van der Waals surface area contributed by atoms with Crippen LogP contribution in [0.4, 0.5) is 24.8 Å². The predicted octanol–water partition coefficient (Wildman–Crippen LogP) is 3.72. The molecular formula is C22H25F3N6O3S. The molecule has 35 heavy (non-hydrogen) atoms. The van der Waals surface area contributed by atoms with E-state index in [1.54, 1.807) is 13.8 Å². The lowest BCUT2D eigenvalue weighted by molar-refractivity contribution is -0.0435. The Kier molecular flexibility index (Phi) is 6.47. The van der Waals surface area contributed by atoms with Crippen molar-refractivity contribution < 1.29 is 21.6 Å². The molecule has 0 spiro atoms. The highest BCUT2D eigenvalue weighted by Gasteiger charge is 2.36. The number of sulfonamides is 1. The van der Waals surface area contributed by atoms with Crippen molar-refractivity contribution in [3.8, 4) is 11.3 Å². The van der Waals surface area contributed by atoms with Crippen LogP contribution >= 0.6 is 0 Å². The average Bonchev–Trinajstić information content (AvgIpc) is 2.76. The normalized spacial score (nSPS) is 16.6. The molecule has 2 aromatic heterocycles. The Hall–Kier alpha value is -3.22. The molecule has 13 heteroatoms. The van der Waals surface area contributed by atoms with Gasteiger partial charge in [0, 0.05) is 24.4 Å². The lowest BCUT2D eigenvalue weighted by atomic mass is 9.88. The van der Waals surface area contributed by atoms with Crippen LogP contribution in [-0.2, 0) is 10.0 Å². The van der Waals surface area contributed by atoms with Crippen LogP contribution in [0.1, 0.15) is 45.6 Å². The lowest BCUT2D eigenvalue weighted by Gasteiger charge is -2.28. The molecular weight excluding hydrogens is 485 g/mol. The van der Waals surface area contributed by atoms with Crippen LogP contribution in [-0.4, -0.2) is 39.6 Å². The third kappa shape index (κ3) is 5.39. The monoisotopic (exact) mass is 510 g/mol. The molecule has 9 nitrogen and oxygen atoms in total. The highest BCUT2D eigenvalue weighted by atomic mass is 32.2. The fourth-order valence-corrected chi connectivity index (χ4v) is 5.75. The summed E-state index contributed by atoms with van der Waals surface area (Å²) in [5, 5.41) is 0. The summed E-state index contributed by atoms with van der Waals surface area (Å²) in [6.07, 6.45) is 0.807. The van der Waals surface area contributed by atoms with Crippen molar-refractivity contribution in [2.45, 2.75) is 51.5 Å². The van der Waals surface area contributed by atoms with E-state index in [1.165, 1.54) is 22.9 Å². The maximum atomic E-state index is 14.9. The van der Waals surface area contributed by atoms with E-state index in [0.29, 0.717) is 0 Å². The van der Waals surface area contributed by atoms with Crippen LogP contribution in [0.15, 0.2) is 29.2 Å². The Bertz CT molecular complexity index is 1430. The quantitative estimate of drug-likeness (QED) is 0.516. The first-order valence-electron chi connectivity index (χ1n) is 11.1. The molecule has 0 atom stereocenters. The Labute approximate surface area is 199 Å². The number of hydrogen-bond acceptors (Lipinski definition) is 7. The number of anilines is 2. The second-order valence-corrected chi connectivity index (χ2v) is 10.8. The molecule has 0 unspecified atom stereocenters. The smallest absolute Gasteiger partial charge is 0.278 e. The number of nitrogen functional groups attached to an aromatic ring is 1. The van der Waals surface area contributed by atoms with Crippen molar-refractivity contribution in [1.82, 2.24) is 19.5 Å². The summed E-state index contributed by atoms with van der Waals surface area (Å²) in [5.41, 5.74) is 5.42. The van der Waals surface area contributed by atoms with Crippen LogP contribution < -0.4 is 16.0 Å². The maximum Gasteiger partial charge on any atom is 0.278 e. The second kappa shape index (κ2) is 9.10. The summed E-state index contributed by atoms with van der Waals surface area (Å²) in [7, 11) is -3.98. The predicted molar refractivity (Wildman–Crippen MR) is 126 cm³/mol. The van der Waals surface area contributed by atoms with Crippen LogP contribution in [0.2, 0.25) is 0 Å². The molecule has 0 bridgehead atoms. The standard InChI is InChI=1S/C22H25F3N6O3S/c1-12(2)31-19-17(10-27-21(26)29-19)28-18(20(31)32)14-3-4-16(15(23)9-14)30-35(33,34)11-13-5-7-22(24,25)8-6-13/h3-4,9-10,12-13,30H,5-8,11H2,1-2H3,(H2,26,27,29). The second-order valence-electron chi connectivity index (χ2n) is 9.04. The first-order chi connectivity index (χ1) is 16.3. The molecule has 3 N–H and O–H groups in total. The average molecular weight is 511 g/mol. The SMILES string of the molecule is CC(C)n1c(=O)c(-c2ccc(NS(=O)(=O)CC3CCC(F)(F)CC3)c(F)c2)nc2cnc(N)nc21. The molecule has 0 radical (unpaired) electrons. The van der Waals surface area contributed by atoms with Crippen LogP contribution in [0, 0.1) is 11.7 Å². The molecule has 1 saturated carbocycles. The third-order valence-electron chi connectivity index (χ3n) is 5.97. The van der Waals surface area contributed by atoms with Gasteiger partial charge in [-0.25, -0.2) is 31.6 Å². The van der Waals surface area contributed by atoms with E-state index < -0.39 is 33.2 Å². The van der Waals surface area contributed by atoms with E-state index in [0.717, 1.165) is 6.07 Å². The third-order valence-corrected chi connectivity index (χ3v) is 7.41. The molecule has 0 amide bonds. The molecule has 1 fully saturated rings. The largest absolute Gasteiger partial charge is 0.368 e. The van der Waals surface area contributed by atoms with Gasteiger partial charge in [0.05, 0.1) is 17.6 Å². The van der Waals surface area contributed by atoms with Gasteiger partial charge in [-0.05, 0) is 44.7 Å². The van der Waals surface area contributed by atoms with Gasteiger partial charge < -0.3 is 5.73 Å². The Morgan fingerprint density at radius 3 is 2.54 bits per heavy atom. The zero-order chi connectivity index (χ0) is 25.5. The first kappa shape index (κ1) is 24.9. The van der Waals surface area contributed by atoms with E-state index in [2.05, 4.69) is 19.7 Å². The number of aromatic nitrogens is 4. The fraction of sp³-hybridized carbons (Fsp3) is 0.455. The number of fused-ring (bicyclic) bond motifs is 1. The Balaban J connectivity index is 1.62. The van der Waals surface area contributed by atoms with Gasteiger partial charge in [-0.15, -0.1) is 0 Å². The van der Waals surface area contributed by atoms with Gasteiger partial charge in [0.15, 0.2) is 5.65 Å². The number of halogens is 3. The van der Waals surface area contributed by atoms with Crippen molar-refractivity contribution >= 4 is 32.8 Å². The summed E-state index contributed by atoms with van der Waals surface area (Å²) in [5.74, 6) is -4.50. The van der Waals surface area contributed by atoms with E-state index in [4.69, 9.17) is 5.73 Å². The van der Waals surface area contributed by atoms with Crippen LogP contribution in [0.25, 0.3) is 22.4 Å². The number of nitrogens with zero attached hydrogens (tertiary/aromatic N) is 4. The van der Waals surface area contributed by atoms with E-state index in [9.17, 15) is 26.4 Å². The van der Waals surface area contributed by atoms with Gasteiger partial charge in [0.25, 0.3) is 5.56 Å². The number of alkyl halides is 2. The molecule has 0 saturated heterocycles. The number of hydrogen-bond donors (Lipinski definition) is 2. The van der Waals surface area contributed by atoms with Crippen molar-refractivity contribution in [1.29, 1.82) is 0 Å². The molecule has 3 aromatic rings. The van der Waals surface area contributed by atoms with Gasteiger partial charge in [0.2, 0.25) is 21.9 Å². The Morgan fingerprint density at radius 1 is 1.23 bits per heavy atom. The van der Waals surface area contributed by atoms with Gasteiger partial charge in [-0.1, -0.05) is 6.07 Å². The molecule has 1 aliphatic rings. The maximum absolute atomic E-state index is 14.9. The number of rotatable bonds is 6. The summed E-state index contributed by atoms with van der Waals surface area (Å²) in [6, 6.07) is 3.27. The minimum atomic E-state index is -3.98.